The van der Waals surface area contributed by atoms with E-state index in [0.717, 1.165) is 6.07 Å². The summed E-state index contributed by atoms with van der Waals surface area (Å²) in [6.45, 7) is 0. The molecule has 2 rings (SSSR count). The van der Waals surface area contributed by atoms with E-state index in [0.29, 0.717) is 11.4 Å². The smallest absolute Gasteiger partial charge is 0.201 e. The van der Waals surface area contributed by atoms with Crippen molar-refractivity contribution in [3.05, 3.63) is 48.0 Å². The van der Waals surface area contributed by atoms with Gasteiger partial charge in [0, 0.05) is 23.9 Å². The Morgan fingerprint density at radius 1 is 1.06 bits per heavy atom. The summed E-state index contributed by atoms with van der Waals surface area (Å²) in [5.41, 5.74) is 6.03. The Balaban J connectivity index is 2.34. The van der Waals surface area contributed by atoms with E-state index < -0.39 is 11.6 Å². The molecule has 2 N–H and O–H groups in total. The van der Waals surface area contributed by atoms with Crippen LogP contribution in [0, 0.1) is 11.6 Å². The molecule has 0 aliphatic rings. The van der Waals surface area contributed by atoms with Gasteiger partial charge in [-0.25, -0.2) is 4.39 Å². The summed E-state index contributed by atoms with van der Waals surface area (Å²) < 4.78 is 36.6. The number of hydrogen-bond acceptors (Lipinski definition) is 3. The zero-order valence-corrected chi connectivity index (χ0v) is 9.61. The Kier molecular flexibility index (Phi) is 3.32. The van der Waals surface area contributed by atoms with E-state index in [1.54, 1.807) is 6.07 Å². The highest BCUT2D eigenvalue weighted by atomic mass is 19.2. The van der Waals surface area contributed by atoms with Crippen molar-refractivity contribution in [2.75, 3.05) is 12.8 Å². The molecular weight excluding hydrogens is 240 g/mol. The molecule has 94 valence electrons. The number of hydrogen-bond donors (Lipinski definition) is 1. The third kappa shape index (κ3) is 2.51. The van der Waals surface area contributed by atoms with Crippen LogP contribution in [0.5, 0.6) is 17.2 Å². The molecule has 0 unspecified atom stereocenters. The van der Waals surface area contributed by atoms with Gasteiger partial charge in [-0.3, -0.25) is 0 Å². The summed E-state index contributed by atoms with van der Waals surface area (Å²) in [6, 6.07) is 8.32. The van der Waals surface area contributed by atoms with Gasteiger partial charge in [-0.05, 0) is 12.1 Å². The number of benzene rings is 2. The molecule has 0 heterocycles. The lowest BCUT2D eigenvalue weighted by atomic mass is 10.2. The fourth-order valence-corrected chi connectivity index (χ4v) is 1.46. The molecule has 0 atom stereocenters. The monoisotopic (exact) mass is 251 g/mol. The van der Waals surface area contributed by atoms with Crippen LogP contribution in [0.3, 0.4) is 0 Å². The van der Waals surface area contributed by atoms with Gasteiger partial charge >= 0.3 is 0 Å². The minimum atomic E-state index is -1.04. The topological polar surface area (TPSA) is 44.5 Å². The Morgan fingerprint density at radius 2 is 1.78 bits per heavy atom. The second-order valence-corrected chi connectivity index (χ2v) is 3.60. The van der Waals surface area contributed by atoms with Crippen molar-refractivity contribution in [1.29, 1.82) is 0 Å². The van der Waals surface area contributed by atoms with Crippen molar-refractivity contribution >= 4 is 5.69 Å². The standard InChI is InChI=1S/C13H11F2NO2/c1-17-9-5-8(16)6-10(7-9)18-12-4-2-3-11(14)13(12)15/h2-7H,16H2,1H3. The van der Waals surface area contributed by atoms with E-state index in [4.69, 9.17) is 15.2 Å². The Hall–Kier alpha value is -2.30. The number of halogens is 2. The van der Waals surface area contributed by atoms with Crippen LogP contribution in [0.2, 0.25) is 0 Å². The second-order valence-electron chi connectivity index (χ2n) is 3.60. The van der Waals surface area contributed by atoms with E-state index in [-0.39, 0.29) is 11.5 Å². The van der Waals surface area contributed by atoms with E-state index in [2.05, 4.69) is 0 Å². The maximum absolute atomic E-state index is 13.4. The predicted molar refractivity (Wildman–Crippen MR) is 63.8 cm³/mol. The fourth-order valence-electron chi connectivity index (χ4n) is 1.46. The van der Waals surface area contributed by atoms with Crippen molar-refractivity contribution in [3.63, 3.8) is 0 Å². The molecule has 0 amide bonds. The van der Waals surface area contributed by atoms with Gasteiger partial charge in [0.05, 0.1) is 7.11 Å². The first-order chi connectivity index (χ1) is 8.60. The fraction of sp³-hybridized carbons (Fsp3) is 0.0769. The summed E-state index contributed by atoms with van der Waals surface area (Å²) in [7, 11) is 1.47. The molecule has 18 heavy (non-hydrogen) atoms. The Labute approximate surface area is 103 Å². The SMILES string of the molecule is COc1cc(N)cc(Oc2cccc(F)c2F)c1. The first-order valence-corrected chi connectivity index (χ1v) is 5.16. The van der Waals surface area contributed by atoms with Gasteiger partial charge in [-0.15, -0.1) is 0 Å². The van der Waals surface area contributed by atoms with Crippen molar-refractivity contribution in [2.24, 2.45) is 0 Å². The van der Waals surface area contributed by atoms with Crippen LogP contribution >= 0.6 is 0 Å². The molecule has 5 heteroatoms. The molecule has 0 bridgehead atoms. The number of ether oxygens (including phenoxy) is 2. The van der Waals surface area contributed by atoms with Crippen molar-refractivity contribution in [2.45, 2.75) is 0 Å². The molecule has 0 aliphatic carbocycles. The lowest BCUT2D eigenvalue weighted by molar-refractivity contribution is 0.399. The zero-order chi connectivity index (χ0) is 13.1. The summed E-state index contributed by atoms with van der Waals surface area (Å²) in [5, 5.41) is 0. The highest BCUT2D eigenvalue weighted by Crippen LogP contribution is 2.30. The highest BCUT2D eigenvalue weighted by molar-refractivity contribution is 5.51. The molecule has 0 saturated heterocycles. The summed E-state index contributed by atoms with van der Waals surface area (Å²) >= 11 is 0. The Bertz CT molecular complexity index is 573. The molecular formula is C13H11F2NO2. The number of methoxy groups -OCH3 is 1. The van der Waals surface area contributed by atoms with Crippen LogP contribution in [0.25, 0.3) is 0 Å². The first-order valence-electron chi connectivity index (χ1n) is 5.16. The predicted octanol–water partition coefficient (Wildman–Crippen LogP) is 3.35. The van der Waals surface area contributed by atoms with Crippen LogP contribution < -0.4 is 15.2 Å². The van der Waals surface area contributed by atoms with Crippen LogP contribution in [-0.4, -0.2) is 7.11 Å². The first kappa shape index (κ1) is 12.2. The lowest BCUT2D eigenvalue weighted by Crippen LogP contribution is -1.94. The van der Waals surface area contributed by atoms with Crippen molar-refractivity contribution in [1.82, 2.24) is 0 Å². The molecule has 2 aromatic rings. The van der Waals surface area contributed by atoms with Gasteiger partial charge < -0.3 is 15.2 Å². The molecule has 3 nitrogen and oxygen atoms in total. The quantitative estimate of drug-likeness (QED) is 0.851. The molecule has 2 aromatic carbocycles. The van der Waals surface area contributed by atoms with Crippen molar-refractivity contribution in [3.8, 4) is 17.2 Å². The molecule has 0 aliphatic heterocycles. The average molecular weight is 251 g/mol. The van der Waals surface area contributed by atoms with Crippen LogP contribution in [-0.2, 0) is 0 Å². The normalized spacial score (nSPS) is 10.2. The molecule has 0 radical (unpaired) electrons. The third-order valence-electron chi connectivity index (χ3n) is 2.28. The van der Waals surface area contributed by atoms with Crippen molar-refractivity contribution < 1.29 is 18.3 Å². The van der Waals surface area contributed by atoms with E-state index in [1.807, 2.05) is 0 Å². The summed E-state index contributed by atoms with van der Waals surface area (Å²) in [4.78, 5) is 0. The molecule has 0 spiro atoms. The van der Waals surface area contributed by atoms with Crippen LogP contribution in [0.1, 0.15) is 0 Å². The van der Waals surface area contributed by atoms with Gasteiger partial charge in [-0.1, -0.05) is 6.07 Å². The zero-order valence-electron chi connectivity index (χ0n) is 9.61. The minimum Gasteiger partial charge on any atom is -0.497 e. The molecule has 0 aromatic heterocycles. The highest BCUT2D eigenvalue weighted by Gasteiger charge is 2.10. The number of anilines is 1. The largest absolute Gasteiger partial charge is 0.497 e. The molecule has 0 fully saturated rings. The maximum atomic E-state index is 13.4. The van der Waals surface area contributed by atoms with Gasteiger partial charge in [0.25, 0.3) is 0 Å². The van der Waals surface area contributed by atoms with Gasteiger partial charge in [0.1, 0.15) is 11.5 Å². The second kappa shape index (κ2) is 4.91. The average Bonchev–Trinajstić information content (AvgIpc) is 2.34. The van der Waals surface area contributed by atoms with Crippen LogP contribution in [0.4, 0.5) is 14.5 Å². The number of nitrogen functional groups attached to an aromatic ring is 1. The lowest BCUT2D eigenvalue weighted by Gasteiger charge is -2.09. The summed E-state index contributed by atoms with van der Waals surface area (Å²) in [6.07, 6.45) is 0. The minimum absolute atomic E-state index is 0.206. The number of nitrogens with two attached hydrogens (primary N) is 1. The number of rotatable bonds is 3. The van der Waals surface area contributed by atoms with Gasteiger partial charge in [0.2, 0.25) is 5.82 Å². The summed E-state index contributed by atoms with van der Waals surface area (Å²) in [5.74, 6) is -1.47. The van der Waals surface area contributed by atoms with E-state index in [1.165, 1.54) is 31.4 Å². The maximum Gasteiger partial charge on any atom is 0.201 e. The molecule has 0 saturated carbocycles. The van der Waals surface area contributed by atoms with E-state index >= 15 is 0 Å². The van der Waals surface area contributed by atoms with E-state index in [9.17, 15) is 8.78 Å². The van der Waals surface area contributed by atoms with Crippen LogP contribution in [0.15, 0.2) is 36.4 Å². The van der Waals surface area contributed by atoms with Gasteiger partial charge in [-0.2, -0.15) is 4.39 Å². The third-order valence-corrected chi connectivity index (χ3v) is 2.28. The Morgan fingerprint density at radius 3 is 2.50 bits per heavy atom. The van der Waals surface area contributed by atoms with Gasteiger partial charge in [0.15, 0.2) is 11.6 Å².